The van der Waals surface area contributed by atoms with E-state index in [0.29, 0.717) is 31.0 Å². The largest absolute Gasteiger partial charge is 0.466 e. The van der Waals surface area contributed by atoms with Crippen LogP contribution in [0, 0.1) is 13.8 Å². The molecule has 0 bridgehead atoms. The van der Waals surface area contributed by atoms with Gasteiger partial charge in [0, 0.05) is 37.7 Å². The molecule has 0 saturated carbocycles. The van der Waals surface area contributed by atoms with Crippen LogP contribution in [0.25, 0.3) is 16.9 Å². The highest BCUT2D eigenvalue weighted by atomic mass is 16.3. The minimum absolute atomic E-state index is 0.00939. The average Bonchev–Trinajstić information content (AvgIpc) is 3.20. The Morgan fingerprint density at radius 1 is 1.41 bits per heavy atom. The zero-order valence-corrected chi connectivity index (χ0v) is 15.4. The fourth-order valence-corrected chi connectivity index (χ4v) is 2.97. The summed E-state index contributed by atoms with van der Waals surface area (Å²) in [4.78, 5) is 29.4. The van der Waals surface area contributed by atoms with Gasteiger partial charge in [-0.2, -0.15) is 0 Å². The van der Waals surface area contributed by atoms with Crippen LogP contribution in [0.1, 0.15) is 28.4 Å². The van der Waals surface area contributed by atoms with Crippen LogP contribution in [0.3, 0.4) is 0 Å². The number of rotatable bonds is 7. The molecule has 0 fully saturated rings. The Morgan fingerprint density at radius 3 is 2.81 bits per heavy atom. The minimum atomic E-state index is -0.390. The molecule has 0 aromatic carbocycles. The number of nitrogens with zero attached hydrogens (tertiary/aromatic N) is 3. The fourth-order valence-electron chi connectivity index (χ4n) is 2.97. The summed E-state index contributed by atoms with van der Waals surface area (Å²) >= 11 is 0. The summed E-state index contributed by atoms with van der Waals surface area (Å²) in [5.41, 5.74) is 1.45. The van der Waals surface area contributed by atoms with Crippen molar-refractivity contribution >= 4 is 11.6 Å². The second kappa shape index (κ2) is 7.63. The number of hydrogen-bond donors (Lipinski definition) is 2. The van der Waals surface area contributed by atoms with Gasteiger partial charge in [-0.3, -0.25) is 18.6 Å². The van der Waals surface area contributed by atoms with E-state index in [9.17, 15) is 9.59 Å². The summed E-state index contributed by atoms with van der Waals surface area (Å²) in [7, 11) is 0. The van der Waals surface area contributed by atoms with Crippen LogP contribution in [0.2, 0.25) is 0 Å². The molecule has 0 unspecified atom stereocenters. The number of aromatic nitrogens is 3. The predicted molar refractivity (Wildman–Crippen MR) is 101 cm³/mol. The van der Waals surface area contributed by atoms with Gasteiger partial charge in [-0.25, -0.2) is 4.98 Å². The number of fused-ring (bicyclic) bond motifs is 1. The molecule has 8 heteroatoms. The highest BCUT2D eigenvalue weighted by molar-refractivity contribution is 5.92. The minimum Gasteiger partial charge on any atom is -0.466 e. The molecule has 27 heavy (non-hydrogen) atoms. The van der Waals surface area contributed by atoms with E-state index in [1.54, 1.807) is 21.2 Å². The lowest BCUT2D eigenvalue weighted by Gasteiger charge is -2.11. The van der Waals surface area contributed by atoms with Crippen molar-refractivity contribution in [3.63, 3.8) is 0 Å². The maximum atomic E-state index is 13.0. The Bertz CT molecular complexity index is 1060. The average molecular weight is 370 g/mol. The Labute approximate surface area is 155 Å². The van der Waals surface area contributed by atoms with Crippen molar-refractivity contribution in [2.75, 3.05) is 13.2 Å². The lowest BCUT2D eigenvalue weighted by atomic mass is 10.2. The third kappa shape index (κ3) is 3.56. The van der Waals surface area contributed by atoms with E-state index < -0.39 is 5.91 Å². The smallest absolute Gasteiger partial charge is 0.295 e. The van der Waals surface area contributed by atoms with Crippen molar-refractivity contribution in [2.24, 2.45) is 0 Å². The molecule has 0 aliphatic heterocycles. The third-order valence-corrected chi connectivity index (χ3v) is 4.20. The second-order valence-electron chi connectivity index (χ2n) is 6.24. The first-order chi connectivity index (χ1) is 13.0. The summed E-state index contributed by atoms with van der Waals surface area (Å²) in [6.45, 7) is 8.03. The van der Waals surface area contributed by atoms with Gasteiger partial charge in [0.1, 0.15) is 17.2 Å². The van der Waals surface area contributed by atoms with Gasteiger partial charge in [0.25, 0.3) is 11.5 Å². The van der Waals surface area contributed by atoms with Gasteiger partial charge in [-0.05, 0) is 26.3 Å². The van der Waals surface area contributed by atoms with E-state index in [1.165, 1.54) is 6.20 Å². The molecule has 1 amide bonds. The standard InChI is InChI=1S/C19H22N4O4/c1-4-7-23-16(14-9-12(2)27-13(14)3)11-22-10-15(21-17(22)19(23)26)18(25)20-6-5-8-24/h4,9-11,24H,1,5-8H2,2-3H3,(H,20,25). The second-order valence-corrected chi connectivity index (χ2v) is 6.24. The van der Waals surface area contributed by atoms with Crippen LogP contribution in [-0.2, 0) is 6.54 Å². The first kappa shape index (κ1) is 18.7. The van der Waals surface area contributed by atoms with Crippen molar-refractivity contribution in [3.8, 4) is 11.3 Å². The predicted octanol–water partition coefficient (Wildman–Crippen LogP) is 1.67. The number of aryl methyl sites for hydroxylation is 2. The lowest BCUT2D eigenvalue weighted by molar-refractivity contribution is 0.0946. The summed E-state index contributed by atoms with van der Waals surface area (Å²) < 4.78 is 8.71. The fraction of sp³-hybridized carbons (Fsp3) is 0.316. The molecule has 3 rings (SSSR count). The Morgan fingerprint density at radius 2 is 2.19 bits per heavy atom. The van der Waals surface area contributed by atoms with Crippen LogP contribution in [0.15, 0.2) is 40.3 Å². The van der Waals surface area contributed by atoms with Gasteiger partial charge < -0.3 is 14.8 Å². The molecule has 3 aromatic rings. The van der Waals surface area contributed by atoms with Crippen molar-refractivity contribution in [2.45, 2.75) is 26.8 Å². The number of aliphatic hydroxyl groups is 1. The quantitative estimate of drug-likeness (QED) is 0.487. The number of allylic oxidation sites excluding steroid dienone is 1. The van der Waals surface area contributed by atoms with Gasteiger partial charge in [0.05, 0.1) is 5.69 Å². The van der Waals surface area contributed by atoms with Crippen LogP contribution in [0.5, 0.6) is 0 Å². The van der Waals surface area contributed by atoms with Gasteiger partial charge in [-0.15, -0.1) is 6.58 Å². The van der Waals surface area contributed by atoms with E-state index in [2.05, 4.69) is 16.9 Å². The Balaban J connectivity index is 2.12. The summed E-state index contributed by atoms with van der Waals surface area (Å²) in [6.07, 6.45) is 5.37. The lowest BCUT2D eigenvalue weighted by Crippen LogP contribution is -2.25. The van der Waals surface area contributed by atoms with Gasteiger partial charge in [0.15, 0.2) is 0 Å². The highest BCUT2D eigenvalue weighted by Crippen LogP contribution is 2.26. The van der Waals surface area contributed by atoms with E-state index in [0.717, 1.165) is 11.3 Å². The third-order valence-electron chi connectivity index (χ3n) is 4.20. The van der Waals surface area contributed by atoms with Gasteiger partial charge in [-0.1, -0.05) is 6.08 Å². The molecular formula is C19H22N4O4. The molecule has 8 nitrogen and oxygen atoms in total. The molecule has 0 spiro atoms. The van der Waals surface area contributed by atoms with Crippen LogP contribution in [0.4, 0.5) is 0 Å². The molecule has 3 heterocycles. The number of imidazole rings is 1. The van der Waals surface area contributed by atoms with E-state index >= 15 is 0 Å². The molecule has 0 aliphatic carbocycles. The number of carbonyl (C=O) groups excluding carboxylic acids is 1. The van der Waals surface area contributed by atoms with Gasteiger partial charge in [0.2, 0.25) is 5.65 Å². The monoisotopic (exact) mass is 370 g/mol. The Hall–Kier alpha value is -3.13. The number of hydrogen-bond acceptors (Lipinski definition) is 5. The first-order valence-electron chi connectivity index (χ1n) is 8.66. The number of furan rings is 1. The van der Waals surface area contributed by atoms with E-state index in [1.807, 2.05) is 19.9 Å². The van der Waals surface area contributed by atoms with Crippen molar-refractivity contribution in [1.29, 1.82) is 0 Å². The topological polar surface area (TPSA) is 102 Å². The molecule has 0 atom stereocenters. The number of amides is 1. The molecule has 2 N–H and O–H groups in total. The van der Waals surface area contributed by atoms with E-state index in [4.69, 9.17) is 9.52 Å². The van der Waals surface area contributed by atoms with Crippen molar-refractivity contribution in [1.82, 2.24) is 19.3 Å². The summed E-state index contributed by atoms with van der Waals surface area (Å²) in [5, 5.41) is 11.5. The van der Waals surface area contributed by atoms with Crippen molar-refractivity contribution < 1.29 is 14.3 Å². The van der Waals surface area contributed by atoms with Crippen LogP contribution in [-0.4, -0.2) is 38.1 Å². The zero-order chi connectivity index (χ0) is 19.6. The number of aliphatic hydroxyl groups excluding tert-OH is 1. The highest BCUT2D eigenvalue weighted by Gasteiger charge is 2.18. The van der Waals surface area contributed by atoms with E-state index in [-0.39, 0.29) is 23.5 Å². The number of carbonyl (C=O) groups is 1. The molecule has 0 aliphatic rings. The molecule has 142 valence electrons. The maximum absolute atomic E-state index is 13.0. The molecule has 0 saturated heterocycles. The molecular weight excluding hydrogens is 348 g/mol. The summed E-state index contributed by atoms with van der Waals surface area (Å²) in [5.74, 6) is 1.06. The molecule has 3 aromatic heterocycles. The molecule has 0 radical (unpaired) electrons. The Kier molecular flexibility index (Phi) is 5.27. The normalized spacial score (nSPS) is 11.1. The number of nitrogens with one attached hydrogen (secondary N) is 1. The van der Waals surface area contributed by atoms with Crippen molar-refractivity contribution in [3.05, 3.63) is 58.7 Å². The van der Waals surface area contributed by atoms with Crippen LogP contribution >= 0.6 is 0 Å². The van der Waals surface area contributed by atoms with Gasteiger partial charge >= 0.3 is 0 Å². The summed E-state index contributed by atoms with van der Waals surface area (Å²) in [6, 6.07) is 1.87. The first-order valence-corrected chi connectivity index (χ1v) is 8.66. The van der Waals surface area contributed by atoms with Crippen LogP contribution < -0.4 is 10.9 Å². The SMILES string of the molecule is C=CCn1c(-c2cc(C)oc2C)cn2cc(C(=O)NCCCO)nc2c1=O. The maximum Gasteiger partial charge on any atom is 0.295 e. The zero-order valence-electron chi connectivity index (χ0n) is 15.4.